The van der Waals surface area contributed by atoms with Gasteiger partial charge in [0.1, 0.15) is 0 Å². The molecule has 0 unspecified atom stereocenters. The van der Waals surface area contributed by atoms with Gasteiger partial charge in [-0.25, -0.2) is 13.1 Å². The highest BCUT2D eigenvalue weighted by Gasteiger charge is 2.14. The van der Waals surface area contributed by atoms with Crippen molar-refractivity contribution in [2.24, 2.45) is 0 Å². The van der Waals surface area contributed by atoms with Crippen molar-refractivity contribution >= 4 is 10.0 Å². The lowest BCUT2D eigenvalue weighted by Crippen LogP contribution is -2.30. The number of hydrogen-bond donors (Lipinski definition) is 2. The summed E-state index contributed by atoms with van der Waals surface area (Å²) in [5, 5.41) is 8.89. The molecule has 0 bridgehead atoms. The molecule has 5 heteroatoms. The summed E-state index contributed by atoms with van der Waals surface area (Å²) in [6.07, 6.45) is 0. The zero-order valence-corrected chi connectivity index (χ0v) is 9.58. The van der Waals surface area contributed by atoms with Crippen LogP contribution in [-0.4, -0.2) is 19.6 Å². The lowest BCUT2D eigenvalue weighted by Gasteiger charge is -2.09. The molecule has 0 aromatic heterocycles. The van der Waals surface area contributed by atoms with E-state index in [0.29, 0.717) is 5.56 Å². The fourth-order valence-corrected chi connectivity index (χ4v) is 2.51. The quantitative estimate of drug-likeness (QED) is 0.805. The van der Waals surface area contributed by atoms with Gasteiger partial charge in [0, 0.05) is 6.04 Å². The van der Waals surface area contributed by atoms with E-state index in [-0.39, 0.29) is 17.5 Å². The Kier molecular flexibility index (Phi) is 3.84. The topological polar surface area (TPSA) is 66.4 Å². The molecule has 2 N–H and O–H groups in total. The summed E-state index contributed by atoms with van der Waals surface area (Å²) in [7, 11) is -3.45. The van der Waals surface area contributed by atoms with E-state index in [2.05, 4.69) is 4.72 Å². The molecular weight excluding hydrogens is 214 g/mol. The average molecular weight is 229 g/mol. The van der Waals surface area contributed by atoms with Crippen LogP contribution < -0.4 is 4.72 Å². The normalized spacial score (nSPS) is 12.0. The predicted molar refractivity (Wildman–Crippen MR) is 57.8 cm³/mol. The Morgan fingerprint density at radius 1 is 1.40 bits per heavy atom. The third-order valence-corrected chi connectivity index (χ3v) is 3.44. The van der Waals surface area contributed by atoms with E-state index in [1.807, 2.05) is 0 Å². The van der Waals surface area contributed by atoms with Crippen molar-refractivity contribution in [2.75, 3.05) is 0 Å². The Balaban J connectivity index is 3.04. The van der Waals surface area contributed by atoms with Gasteiger partial charge in [0.05, 0.1) is 11.5 Å². The van der Waals surface area contributed by atoms with Crippen molar-refractivity contribution in [1.29, 1.82) is 0 Å². The maximum Gasteiger partial charge on any atom is 0.240 e. The summed E-state index contributed by atoms with van der Waals surface area (Å²) in [6, 6.07) is 6.11. The SMILES string of the molecule is CC(C)NS(=O)(=O)c1cccc(CO)c1. The fraction of sp³-hybridized carbons (Fsp3) is 0.400. The molecule has 1 aromatic rings. The van der Waals surface area contributed by atoms with Gasteiger partial charge in [-0.1, -0.05) is 12.1 Å². The highest BCUT2D eigenvalue weighted by atomic mass is 32.2. The zero-order valence-electron chi connectivity index (χ0n) is 8.77. The van der Waals surface area contributed by atoms with Crippen molar-refractivity contribution in [2.45, 2.75) is 31.4 Å². The lowest BCUT2D eigenvalue weighted by atomic mass is 10.2. The maximum atomic E-state index is 11.7. The number of sulfonamides is 1. The van der Waals surface area contributed by atoms with Crippen LogP contribution in [0, 0.1) is 0 Å². The third kappa shape index (κ3) is 3.30. The number of aliphatic hydroxyl groups is 1. The number of rotatable bonds is 4. The summed E-state index contributed by atoms with van der Waals surface area (Å²) in [5.41, 5.74) is 0.585. The van der Waals surface area contributed by atoms with Crippen LogP contribution in [0.1, 0.15) is 19.4 Å². The average Bonchev–Trinajstić information content (AvgIpc) is 2.16. The molecule has 1 rings (SSSR count). The van der Waals surface area contributed by atoms with Crippen molar-refractivity contribution in [3.8, 4) is 0 Å². The molecule has 0 aliphatic heterocycles. The van der Waals surface area contributed by atoms with Crippen molar-refractivity contribution in [3.63, 3.8) is 0 Å². The van der Waals surface area contributed by atoms with Gasteiger partial charge < -0.3 is 5.11 Å². The largest absolute Gasteiger partial charge is 0.392 e. The smallest absolute Gasteiger partial charge is 0.240 e. The molecule has 4 nitrogen and oxygen atoms in total. The zero-order chi connectivity index (χ0) is 11.5. The van der Waals surface area contributed by atoms with E-state index < -0.39 is 10.0 Å². The van der Waals surface area contributed by atoms with E-state index in [1.165, 1.54) is 12.1 Å². The van der Waals surface area contributed by atoms with E-state index >= 15 is 0 Å². The molecular formula is C10H15NO3S. The Morgan fingerprint density at radius 2 is 2.07 bits per heavy atom. The highest BCUT2D eigenvalue weighted by molar-refractivity contribution is 7.89. The number of benzene rings is 1. The minimum absolute atomic E-state index is 0.146. The van der Waals surface area contributed by atoms with Gasteiger partial charge in [0.15, 0.2) is 0 Å². The summed E-state index contributed by atoms with van der Waals surface area (Å²) in [5.74, 6) is 0. The molecule has 0 amide bonds. The molecule has 0 heterocycles. The summed E-state index contributed by atoms with van der Waals surface area (Å²) in [6.45, 7) is 3.35. The molecule has 0 atom stereocenters. The molecule has 0 radical (unpaired) electrons. The molecule has 0 aliphatic rings. The Bertz CT molecular complexity index is 426. The van der Waals surface area contributed by atoms with Crippen LogP contribution in [0.2, 0.25) is 0 Å². The van der Waals surface area contributed by atoms with Crippen LogP contribution in [0.15, 0.2) is 29.2 Å². The molecule has 0 fully saturated rings. The molecule has 0 aliphatic carbocycles. The van der Waals surface area contributed by atoms with E-state index in [9.17, 15) is 8.42 Å². The molecule has 0 spiro atoms. The first-order valence-corrected chi connectivity index (χ1v) is 6.16. The van der Waals surface area contributed by atoms with Crippen LogP contribution in [0.5, 0.6) is 0 Å². The van der Waals surface area contributed by atoms with Crippen LogP contribution in [0.3, 0.4) is 0 Å². The van der Waals surface area contributed by atoms with Gasteiger partial charge in [-0.05, 0) is 31.5 Å². The van der Waals surface area contributed by atoms with Crippen LogP contribution in [0.25, 0.3) is 0 Å². The highest BCUT2D eigenvalue weighted by Crippen LogP contribution is 2.11. The molecule has 0 saturated heterocycles. The van der Waals surface area contributed by atoms with Gasteiger partial charge in [0.2, 0.25) is 10.0 Å². The molecule has 0 saturated carbocycles. The molecule has 84 valence electrons. The summed E-state index contributed by atoms with van der Waals surface area (Å²) >= 11 is 0. The van der Waals surface area contributed by atoms with Crippen molar-refractivity contribution < 1.29 is 13.5 Å². The number of nitrogens with one attached hydrogen (secondary N) is 1. The van der Waals surface area contributed by atoms with E-state index in [4.69, 9.17) is 5.11 Å². The summed E-state index contributed by atoms with van der Waals surface area (Å²) in [4.78, 5) is 0.183. The van der Waals surface area contributed by atoms with Crippen molar-refractivity contribution in [1.82, 2.24) is 4.72 Å². The second kappa shape index (κ2) is 4.74. The summed E-state index contributed by atoms with van der Waals surface area (Å²) < 4.78 is 25.9. The van der Waals surface area contributed by atoms with Crippen LogP contribution in [-0.2, 0) is 16.6 Å². The maximum absolute atomic E-state index is 11.7. The van der Waals surface area contributed by atoms with Gasteiger partial charge in [0.25, 0.3) is 0 Å². The first kappa shape index (κ1) is 12.2. The Hall–Kier alpha value is -0.910. The van der Waals surface area contributed by atoms with Gasteiger partial charge in [-0.2, -0.15) is 0 Å². The fourth-order valence-electron chi connectivity index (χ4n) is 1.19. The monoisotopic (exact) mass is 229 g/mol. The van der Waals surface area contributed by atoms with Gasteiger partial charge in [-0.15, -0.1) is 0 Å². The van der Waals surface area contributed by atoms with Gasteiger partial charge in [-0.3, -0.25) is 0 Å². The van der Waals surface area contributed by atoms with E-state index in [1.54, 1.807) is 26.0 Å². The lowest BCUT2D eigenvalue weighted by molar-refractivity contribution is 0.281. The standard InChI is InChI=1S/C10H15NO3S/c1-8(2)11-15(13,14)10-5-3-4-9(6-10)7-12/h3-6,8,11-12H,7H2,1-2H3. The third-order valence-electron chi connectivity index (χ3n) is 1.78. The second-order valence-electron chi connectivity index (χ2n) is 3.58. The predicted octanol–water partition coefficient (Wildman–Crippen LogP) is 0.866. The van der Waals surface area contributed by atoms with Crippen LogP contribution >= 0.6 is 0 Å². The van der Waals surface area contributed by atoms with Crippen LogP contribution in [0.4, 0.5) is 0 Å². The molecule has 15 heavy (non-hydrogen) atoms. The minimum Gasteiger partial charge on any atom is -0.392 e. The number of hydrogen-bond acceptors (Lipinski definition) is 3. The van der Waals surface area contributed by atoms with Crippen molar-refractivity contribution in [3.05, 3.63) is 29.8 Å². The Morgan fingerprint density at radius 3 is 2.60 bits per heavy atom. The second-order valence-corrected chi connectivity index (χ2v) is 5.30. The number of aliphatic hydroxyl groups excluding tert-OH is 1. The first-order valence-electron chi connectivity index (χ1n) is 4.68. The minimum atomic E-state index is -3.45. The molecule has 1 aromatic carbocycles. The first-order chi connectivity index (χ1) is 6.95. The Labute approximate surface area is 90.0 Å². The van der Waals surface area contributed by atoms with Gasteiger partial charge >= 0.3 is 0 Å². The van der Waals surface area contributed by atoms with E-state index in [0.717, 1.165) is 0 Å².